The van der Waals surface area contributed by atoms with Crippen LogP contribution in [0.4, 0.5) is 10.1 Å². The molecule has 16 heavy (non-hydrogen) atoms. The number of hydrogen-bond acceptors (Lipinski definition) is 2. The van der Waals surface area contributed by atoms with Crippen molar-refractivity contribution in [2.24, 2.45) is 0 Å². The van der Waals surface area contributed by atoms with Gasteiger partial charge in [0, 0.05) is 30.9 Å². The van der Waals surface area contributed by atoms with Gasteiger partial charge in [0.05, 0.1) is 0 Å². The van der Waals surface area contributed by atoms with Crippen molar-refractivity contribution in [2.45, 2.75) is 32.9 Å². The van der Waals surface area contributed by atoms with E-state index < -0.39 is 0 Å². The van der Waals surface area contributed by atoms with Crippen molar-refractivity contribution in [2.75, 3.05) is 18.0 Å². The lowest BCUT2D eigenvalue weighted by molar-refractivity contribution is 0.389. The number of nitrogens with zero attached hydrogens (tertiary/aromatic N) is 1. The Morgan fingerprint density at radius 2 is 2.06 bits per heavy atom. The monoisotopic (exact) mass is 222 g/mol. The molecule has 0 aromatic heterocycles. The third-order valence-electron chi connectivity index (χ3n) is 2.96. The van der Waals surface area contributed by atoms with E-state index in [1.807, 2.05) is 19.1 Å². The van der Waals surface area contributed by atoms with Crippen molar-refractivity contribution in [1.82, 2.24) is 5.32 Å². The van der Waals surface area contributed by atoms with Crippen LogP contribution in [0.15, 0.2) is 18.2 Å². The normalized spacial score (nSPS) is 16.7. The molecule has 0 radical (unpaired) electrons. The lowest BCUT2D eigenvalue weighted by atomic mass is 10.1. The van der Waals surface area contributed by atoms with Crippen molar-refractivity contribution in [3.05, 3.63) is 29.6 Å². The summed E-state index contributed by atoms with van der Waals surface area (Å²) < 4.78 is 13.1. The Hall–Kier alpha value is -1.09. The average Bonchev–Trinajstić information content (AvgIpc) is 2.15. The summed E-state index contributed by atoms with van der Waals surface area (Å²) in [6.07, 6.45) is 0. The molecule has 1 aliphatic rings. The van der Waals surface area contributed by atoms with Gasteiger partial charge in [-0.15, -0.1) is 0 Å². The van der Waals surface area contributed by atoms with E-state index in [1.54, 1.807) is 6.07 Å². The van der Waals surface area contributed by atoms with Gasteiger partial charge in [-0.2, -0.15) is 0 Å². The topological polar surface area (TPSA) is 15.3 Å². The minimum Gasteiger partial charge on any atom is -0.368 e. The maximum absolute atomic E-state index is 13.1. The van der Waals surface area contributed by atoms with E-state index in [0.29, 0.717) is 12.1 Å². The summed E-state index contributed by atoms with van der Waals surface area (Å²) in [4.78, 5) is 2.27. The zero-order valence-corrected chi connectivity index (χ0v) is 10.1. The molecule has 0 spiro atoms. The Morgan fingerprint density at radius 3 is 2.62 bits per heavy atom. The van der Waals surface area contributed by atoms with Crippen LogP contribution in [0, 0.1) is 12.7 Å². The summed E-state index contributed by atoms with van der Waals surface area (Å²) >= 11 is 0. The number of aryl methyl sites for hydroxylation is 1. The van der Waals surface area contributed by atoms with Crippen LogP contribution in [0.3, 0.4) is 0 Å². The van der Waals surface area contributed by atoms with Crippen molar-refractivity contribution in [1.29, 1.82) is 0 Å². The summed E-state index contributed by atoms with van der Waals surface area (Å²) in [6.45, 7) is 8.16. The maximum Gasteiger partial charge on any atom is 0.126 e. The minimum absolute atomic E-state index is 0.124. The lowest BCUT2D eigenvalue weighted by Crippen LogP contribution is -2.59. The smallest absolute Gasteiger partial charge is 0.126 e. The standard InChI is InChI=1S/C13H19FN2/c1-9(2)15-11-7-16(8-11)12-4-5-13(14)10(3)6-12/h4-6,9,11,15H,7-8H2,1-3H3. The molecular weight excluding hydrogens is 203 g/mol. The Bertz CT molecular complexity index is 370. The first-order valence-corrected chi connectivity index (χ1v) is 5.83. The van der Waals surface area contributed by atoms with Crippen LogP contribution < -0.4 is 10.2 Å². The Kier molecular flexibility index (Phi) is 3.15. The van der Waals surface area contributed by atoms with Gasteiger partial charge in [-0.25, -0.2) is 4.39 Å². The first kappa shape index (κ1) is 11.4. The van der Waals surface area contributed by atoms with Crippen molar-refractivity contribution >= 4 is 5.69 Å². The molecular formula is C13H19FN2. The highest BCUT2D eigenvalue weighted by atomic mass is 19.1. The first-order valence-electron chi connectivity index (χ1n) is 5.83. The van der Waals surface area contributed by atoms with E-state index >= 15 is 0 Å². The molecule has 1 N–H and O–H groups in total. The molecule has 1 saturated heterocycles. The van der Waals surface area contributed by atoms with E-state index in [1.165, 1.54) is 0 Å². The van der Waals surface area contributed by atoms with Gasteiger partial charge in [0.15, 0.2) is 0 Å². The van der Waals surface area contributed by atoms with Crippen LogP contribution >= 0.6 is 0 Å². The molecule has 1 fully saturated rings. The quantitative estimate of drug-likeness (QED) is 0.844. The van der Waals surface area contributed by atoms with Crippen LogP contribution in [0.1, 0.15) is 19.4 Å². The minimum atomic E-state index is -0.124. The van der Waals surface area contributed by atoms with Crippen LogP contribution in [0.5, 0.6) is 0 Å². The molecule has 88 valence electrons. The van der Waals surface area contributed by atoms with E-state index in [4.69, 9.17) is 0 Å². The van der Waals surface area contributed by atoms with Gasteiger partial charge in [0.1, 0.15) is 5.82 Å². The number of halogens is 1. The predicted octanol–water partition coefficient (Wildman–Crippen LogP) is 2.32. The highest BCUT2D eigenvalue weighted by Gasteiger charge is 2.27. The van der Waals surface area contributed by atoms with Gasteiger partial charge in [0.2, 0.25) is 0 Å². The molecule has 0 bridgehead atoms. The molecule has 2 nitrogen and oxygen atoms in total. The average molecular weight is 222 g/mol. The largest absolute Gasteiger partial charge is 0.368 e. The highest BCUT2D eigenvalue weighted by molar-refractivity contribution is 5.51. The predicted molar refractivity (Wildman–Crippen MR) is 65.4 cm³/mol. The second-order valence-electron chi connectivity index (χ2n) is 4.86. The van der Waals surface area contributed by atoms with Crippen molar-refractivity contribution in [3.8, 4) is 0 Å². The Morgan fingerprint density at radius 1 is 1.38 bits per heavy atom. The van der Waals surface area contributed by atoms with Gasteiger partial charge < -0.3 is 10.2 Å². The number of hydrogen-bond donors (Lipinski definition) is 1. The van der Waals surface area contributed by atoms with E-state index in [0.717, 1.165) is 24.3 Å². The summed E-state index contributed by atoms with van der Waals surface area (Å²) in [5.41, 5.74) is 1.85. The zero-order valence-electron chi connectivity index (χ0n) is 10.1. The maximum atomic E-state index is 13.1. The van der Waals surface area contributed by atoms with Crippen LogP contribution in [-0.4, -0.2) is 25.2 Å². The fourth-order valence-electron chi connectivity index (χ4n) is 2.09. The molecule has 0 unspecified atom stereocenters. The SMILES string of the molecule is Cc1cc(N2CC(NC(C)C)C2)ccc1F. The molecule has 0 saturated carbocycles. The van der Waals surface area contributed by atoms with E-state index in [-0.39, 0.29) is 5.82 Å². The van der Waals surface area contributed by atoms with E-state index in [2.05, 4.69) is 24.1 Å². The summed E-state index contributed by atoms with van der Waals surface area (Å²) in [6, 6.07) is 6.43. The molecule has 3 heteroatoms. The number of anilines is 1. The molecule has 0 aliphatic carbocycles. The third-order valence-corrected chi connectivity index (χ3v) is 2.96. The number of benzene rings is 1. The highest BCUT2D eigenvalue weighted by Crippen LogP contribution is 2.23. The fraction of sp³-hybridized carbons (Fsp3) is 0.538. The molecule has 1 aromatic carbocycles. The number of rotatable bonds is 3. The summed E-state index contributed by atoms with van der Waals surface area (Å²) in [5.74, 6) is -0.124. The molecule has 2 rings (SSSR count). The van der Waals surface area contributed by atoms with Gasteiger partial charge in [-0.1, -0.05) is 13.8 Å². The van der Waals surface area contributed by atoms with Crippen LogP contribution in [-0.2, 0) is 0 Å². The molecule has 1 aliphatic heterocycles. The van der Waals surface area contributed by atoms with Gasteiger partial charge in [0.25, 0.3) is 0 Å². The molecule has 0 amide bonds. The van der Waals surface area contributed by atoms with Crippen molar-refractivity contribution in [3.63, 3.8) is 0 Å². The third kappa shape index (κ3) is 2.35. The number of nitrogens with one attached hydrogen (secondary N) is 1. The molecule has 0 atom stereocenters. The molecule has 1 heterocycles. The lowest BCUT2D eigenvalue weighted by Gasteiger charge is -2.42. The summed E-state index contributed by atoms with van der Waals surface area (Å²) in [7, 11) is 0. The Balaban J connectivity index is 1.94. The van der Waals surface area contributed by atoms with Crippen LogP contribution in [0.25, 0.3) is 0 Å². The van der Waals surface area contributed by atoms with Gasteiger partial charge >= 0.3 is 0 Å². The van der Waals surface area contributed by atoms with Crippen molar-refractivity contribution < 1.29 is 4.39 Å². The Labute approximate surface area is 96.5 Å². The zero-order chi connectivity index (χ0) is 11.7. The van der Waals surface area contributed by atoms with E-state index in [9.17, 15) is 4.39 Å². The first-order chi connectivity index (χ1) is 7.56. The molecule has 1 aromatic rings. The van der Waals surface area contributed by atoms with Crippen LogP contribution in [0.2, 0.25) is 0 Å². The van der Waals surface area contributed by atoms with Gasteiger partial charge in [-0.3, -0.25) is 0 Å². The fourth-order valence-corrected chi connectivity index (χ4v) is 2.09. The second kappa shape index (κ2) is 4.42. The second-order valence-corrected chi connectivity index (χ2v) is 4.86. The van der Waals surface area contributed by atoms with Gasteiger partial charge in [-0.05, 0) is 30.7 Å². The summed E-state index contributed by atoms with van der Waals surface area (Å²) in [5, 5.41) is 3.49.